The Hall–Kier alpha value is 0.390. The van der Waals surface area contributed by atoms with Gasteiger partial charge in [-0.05, 0) is 5.92 Å². The van der Waals surface area contributed by atoms with Gasteiger partial charge in [0.05, 0.1) is 0 Å². The molecule has 1 nitrogen and oxygen atoms in total. The normalized spacial score (nSPS) is 8.00. The highest BCUT2D eigenvalue weighted by atomic mass is 31.0. The minimum absolute atomic E-state index is 0. The maximum atomic E-state index is 8.14. The van der Waals surface area contributed by atoms with Crippen LogP contribution < -0.4 is 0 Å². The van der Waals surface area contributed by atoms with Crippen molar-refractivity contribution >= 4 is 9.90 Å². The van der Waals surface area contributed by atoms with Crippen LogP contribution in [0.25, 0.3) is 0 Å². The molecule has 0 rings (SSSR count). The summed E-state index contributed by atoms with van der Waals surface area (Å²) in [5, 5.41) is 8.14. The van der Waals surface area contributed by atoms with Crippen LogP contribution in [0.15, 0.2) is 0 Å². The van der Waals surface area contributed by atoms with Crippen LogP contribution in [0.2, 0.25) is 0 Å². The first-order valence-corrected chi connectivity index (χ1v) is 1.88. The van der Waals surface area contributed by atoms with Crippen molar-refractivity contribution in [2.24, 2.45) is 5.92 Å². The Morgan fingerprint density at radius 2 is 1.67 bits per heavy atom. The van der Waals surface area contributed by atoms with Crippen LogP contribution in [0.3, 0.4) is 0 Å². The van der Waals surface area contributed by atoms with Gasteiger partial charge < -0.3 is 5.11 Å². The molecule has 0 aliphatic heterocycles. The second-order valence-corrected chi connectivity index (χ2v) is 1.58. The fourth-order valence-electron chi connectivity index (χ4n) is 0. The van der Waals surface area contributed by atoms with E-state index in [2.05, 4.69) is 0 Å². The molecule has 0 amide bonds. The van der Waals surface area contributed by atoms with Crippen LogP contribution in [0.5, 0.6) is 0 Å². The van der Waals surface area contributed by atoms with E-state index in [1.807, 2.05) is 13.8 Å². The van der Waals surface area contributed by atoms with E-state index in [-0.39, 0.29) is 9.90 Å². The second-order valence-electron chi connectivity index (χ2n) is 1.58. The summed E-state index contributed by atoms with van der Waals surface area (Å²) >= 11 is 0. The summed E-state index contributed by atoms with van der Waals surface area (Å²) < 4.78 is 0. The summed E-state index contributed by atoms with van der Waals surface area (Å²) in [4.78, 5) is 0. The van der Waals surface area contributed by atoms with Gasteiger partial charge >= 0.3 is 0 Å². The molecule has 1 N–H and O–H groups in total. The van der Waals surface area contributed by atoms with Crippen molar-refractivity contribution in [3.63, 3.8) is 0 Å². The molecule has 0 aliphatic carbocycles. The van der Waals surface area contributed by atoms with E-state index in [0.29, 0.717) is 12.5 Å². The van der Waals surface area contributed by atoms with E-state index in [1.54, 1.807) is 0 Å². The highest BCUT2D eigenvalue weighted by molar-refractivity contribution is 6.92. The van der Waals surface area contributed by atoms with Crippen LogP contribution in [-0.2, 0) is 0 Å². The molecule has 0 fully saturated rings. The molecule has 6 heavy (non-hydrogen) atoms. The molecule has 0 spiro atoms. The van der Waals surface area contributed by atoms with Gasteiger partial charge in [0.25, 0.3) is 0 Å². The van der Waals surface area contributed by atoms with Gasteiger partial charge in [0.15, 0.2) is 0 Å². The summed E-state index contributed by atoms with van der Waals surface area (Å²) in [7, 11) is 0. The van der Waals surface area contributed by atoms with E-state index >= 15 is 0 Å². The third-order valence-corrected chi connectivity index (χ3v) is 0.365. The van der Waals surface area contributed by atoms with Crippen molar-refractivity contribution in [1.29, 1.82) is 0 Å². The highest BCUT2D eigenvalue weighted by Gasteiger charge is 1.81. The van der Waals surface area contributed by atoms with Crippen molar-refractivity contribution in [3.05, 3.63) is 0 Å². The van der Waals surface area contributed by atoms with E-state index in [9.17, 15) is 0 Å². The van der Waals surface area contributed by atoms with Crippen LogP contribution in [0, 0.1) is 5.92 Å². The SMILES string of the molecule is CC(C)CO.P. The third-order valence-electron chi connectivity index (χ3n) is 0.365. The minimum atomic E-state index is 0. The van der Waals surface area contributed by atoms with E-state index in [1.165, 1.54) is 0 Å². The number of aliphatic hydroxyl groups excluding tert-OH is 1. The van der Waals surface area contributed by atoms with Crippen molar-refractivity contribution in [1.82, 2.24) is 0 Å². The first-order valence-electron chi connectivity index (χ1n) is 1.88. The first kappa shape index (κ1) is 9.63. The average Bonchev–Trinajstić information content (AvgIpc) is 1.38. The van der Waals surface area contributed by atoms with Gasteiger partial charge in [0.1, 0.15) is 0 Å². The molecule has 0 heterocycles. The fraction of sp³-hybridized carbons (Fsp3) is 1.00. The van der Waals surface area contributed by atoms with Gasteiger partial charge in [0.2, 0.25) is 0 Å². The predicted octanol–water partition coefficient (Wildman–Crippen LogP) is 0.693. The van der Waals surface area contributed by atoms with Gasteiger partial charge in [-0.25, -0.2) is 0 Å². The van der Waals surface area contributed by atoms with Gasteiger partial charge in [-0.3, -0.25) is 0 Å². The topological polar surface area (TPSA) is 20.2 Å². The average molecular weight is 108 g/mol. The lowest BCUT2D eigenvalue weighted by Gasteiger charge is -1.90. The Balaban J connectivity index is 0. The summed E-state index contributed by atoms with van der Waals surface area (Å²) in [5.41, 5.74) is 0. The summed E-state index contributed by atoms with van der Waals surface area (Å²) in [6.07, 6.45) is 0. The summed E-state index contributed by atoms with van der Waals surface area (Å²) in [5.74, 6) is 0.440. The van der Waals surface area contributed by atoms with Crippen molar-refractivity contribution < 1.29 is 5.11 Å². The smallest absolute Gasteiger partial charge is 0.0453 e. The largest absolute Gasteiger partial charge is 0.396 e. The van der Waals surface area contributed by atoms with E-state index < -0.39 is 0 Å². The molecule has 1 atom stereocenters. The second kappa shape index (κ2) is 5.39. The van der Waals surface area contributed by atoms with Crippen LogP contribution in [0.1, 0.15) is 13.8 Å². The summed E-state index contributed by atoms with van der Waals surface area (Å²) in [6.45, 7) is 4.25. The molecule has 0 aromatic heterocycles. The molecule has 0 saturated carbocycles. The Morgan fingerprint density at radius 3 is 1.67 bits per heavy atom. The van der Waals surface area contributed by atoms with Crippen LogP contribution >= 0.6 is 9.90 Å². The maximum absolute atomic E-state index is 8.14. The molecule has 0 saturated heterocycles. The Kier molecular flexibility index (Phi) is 8.65. The van der Waals surface area contributed by atoms with Crippen LogP contribution in [-0.4, -0.2) is 11.7 Å². The monoisotopic (exact) mass is 108 g/mol. The Bertz CT molecular complexity index is 21.5. The van der Waals surface area contributed by atoms with Gasteiger partial charge in [-0.2, -0.15) is 9.90 Å². The number of aliphatic hydroxyl groups is 1. The Labute approximate surface area is 42.4 Å². The Morgan fingerprint density at radius 1 is 1.50 bits per heavy atom. The maximum Gasteiger partial charge on any atom is 0.0453 e. The molecule has 0 bridgehead atoms. The van der Waals surface area contributed by atoms with Crippen molar-refractivity contribution in [2.45, 2.75) is 13.8 Å². The lowest BCUT2D eigenvalue weighted by atomic mass is 10.2. The van der Waals surface area contributed by atoms with Crippen LogP contribution in [0.4, 0.5) is 0 Å². The lowest BCUT2D eigenvalue weighted by Crippen LogP contribution is -1.90. The predicted molar refractivity (Wildman–Crippen MR) is 33.0 cm³/mol. The first-order chi connectivity index (χ1) is 2.27. The minimum Gasteiger partial charge on any atom is -0.396 e. The van der Waals surface area contributed by atoms with E-state index in [0.717, 1.165) is 0 Å². The molecule has 0 radical (unpaired) electrons. The standard InChI is InChI=1S/C4H10O.H3P/c1-4(2)3-5;/h4-5H,3H2,1-2H3;1H3. The molecule has 1 unspecified atom stereocenters. The molecule has 40 valence electrons. The van der Waals surface area contributed by atoms with Crippen molar-refractivity contribution in [2.75, 3.05) is 6.61 Å². The highest BCUT2D eigenvalue weighted by Crippen LogP contribution is 1.83. The number of hydrogen-bond donors (Lipinski definition) is 1. The fourth-order valence-corrected chi connectivity index (χ4v) is 0. The molecule has 0 aliphatic rings. The number of rotatable bonds is 1. The third kappa shape index (κ3) is 8.83. The zero-order valence-corrected chi connectivity index (χ0v) is 5.85. The quantitative estimate of drug-likeness (QED) is 0.490. The molecular formula is C4H13OP. The van der Waals surface area contributed by atoms with Gasteiger partial charge in [0, 0.05) is 6.61 Å². The molecule has 0 aromatic carbocycles. The summed E-state index contributed by atoms with van der Waals surface area (Å²) in [6, 6.07) is 0. The zero-order valence-electron chi connectivity index (χ0n) is 4.44. The van der Waals surface area contributed by atoms with Gasteiger partial charge in [-0.1, -0.05) is 13.8 Å². The number of hydrogen-bond acceptors (Lipinski definition) is 1. The molecule has 0 aromatic rings. The van der Waals surface area contributed by atoms with Gasteiger partial charge in [-0.15, -0.1) is 0 Å². The molecular weight excluding hydrogens is 95.0 g/mol. The van der Waals surface area contributed by atoms with E-state index in [4.69, 9.17) is 5.11 Å². The lowest BCUT2D eigenvalue weighted by molar-refractivity contribution is 0.248. The zero-order chi connectivity index (χ0) is 4.28. The molecule has 2 heteroatoms. The van der Waals surface area contributed by atoms with Crippen molar-refractivity contribution in [3.8, 4) is 0 Å².